The summed E-state index contributed by atoms with van der Waals surface area (Å²) in [5.74, 6) is -0.742. The van der Waals surface area contributed by atoms with Gasteiger partial charge in [-0.05, 0) is 30.5 Å². The molecule has 0 heterocycles. The van der Waals surface area contributed by atoms with Crippen molar-refractivity contribution in [2.24, 2.45) is 0 Å². The summed E-state index contributed by atoms with van der Waals surface area (Å²) in [6.07, 6.45) is 1.85. The summed E-state index contributed by atoms with van der Waals surface area (Å²) in [6, 6.07) is 3.22. The molecule has 1 aromatic rings. The molecule has 0 fully saturated rings. The summed E-state index contributed by atoms with van der Waals surface area (Å²) in [4.78, 5) is 0. The number of aromatic hydroxyl groups is 1. The molecule has 12 heavy (non-hydrogen) atoms. The number of hydrogen-bond donors (Lipinski definition) is 1. The summed E-state index contributed by atoms with van der Waals surface area (Å²) >= 11 is 0. The van der Waals surface area contributed by atoms with Crippen LogP contribution in [0.4, 0.5) is 4.39 Å². The first-order chi connectivity index (χ1) is 5.65. The lowest BCUT2D eigenvalue weighted by Crippen LogP contribution is -1.88. The summed E-state index contributed by atoms with van der Waals surface area (Å²) in [7, 11) is 0. The van der Waals surface area contributed by atoms with Crippen molar-refractivity contribution in [2.45, 2.75) is 26.7 Å². The quantitative estimate of drug-likeness (QED) is 0.719. The molecule has 66 valence electrons. The predicted molar refractivity (Wildman–Crippen MR) is 46.8 cm³/mol. The summed E-state index contributed by atoms with van der Waals surface area (Å²) in [6.45, 7) is 3.75. The summed E-state index contributed by atoms with van der Waals surface area (Å²) in [5.41, 5.74) is 1.56. The van der Waals surface area contributed by atoms with E-state index in [4.69, 9.17) is 5.11 Å². The normalized spacial score (nSPS) is 10.2. The van der Waals surface area contributed by atoms with Gasteiger partial charge in [0, 0.05) is 0 Å². The van der Waals surface area contributed by atoms with E-state index in [1.54, 1.807) is 6.92 Å². The number of halogens is 1. The van der Waals surface area contributed by atoms with Gasteiger partial charge in [0.15, 0.2) is 11.6 Å². The number of phenols is 1. The zero-order chi connectivity index (χ0) is 9.14. The van der Waals surface area contributed by atoms with Crippen LogP contribution in [-0.4, -0.2) is 5.11 Å². The van der Waals surface area contributed by atoms with Gasteiger partial charge in [-0.3, -0.25) is 0 Å². The standard InChI is InChI=1S/C10H13FO/c1-3-4-8-5-7(2)10(12)9(11)6-8/h5-6,12H,3-4H2,1-2H3. The number of benzene rings is 1. The van der Waals surface area contributed by atoms with E-state index in [0.29, 0.717) is 5.56 Å². The van der Waals surface area contributed by atoms with Crippen LogP contribution in [0.15, 0.2) is 12.1 Å². The van der Waals surface area contributed by atoms with Crippen molar-refractivity contribution in [3.05, 3.63) is 29.1 Å². The third-order valence-electron chi connectivity index (χ3n) is 1.85. The van der Waals surface area contributed by atoms with Crippen molar-refractivity contribution in [3.8, 4) is 5.75 Å². The minimum atomic E-state index is -0.515. The van der Waals surface area contributed by atoms with Gasteiger partial charge in [0.25, 0.3) is 0 Å². The molecule has 0 radical (unpaired) electrons. The molecule has 0 spiro atoms. The van der Waals surface area contributed by atoms with E-state index < -0.39 is 5.82 Å². The van der Waals surface area contributed by atoms with E-state index in [1.165, 1.54) is 6.07 Å². The number of aryl methyl sites for hydroxylation is 2. The van der Waals surface area contributed by atoms with Crippen LogP contribution in [0.3, 0.4) is 0 Å². The van der Waals surface area contributed by atoms with Crippen molar-refractivity contribution < 1.29 is 9.50 Å². The molecule has 1 rings (SSSR count). The van der Waals surface area contributed by atoms with Crippen LogP contribution in [-0.2, 0) is 6.42 Å². The van der Waals surface area contributed by atoms with Crippen LogP contribution in [0, 0.1) is 12.7 Å². The average molecular weight is 168 g/mol. The Balaban J connectivity index is 3.04. The smallest absolute Gasteiger partial charge is 0.165 e. The van der Waals surface area contributed by atoms with Gasteiger partial charge >= 0.3 is 0 Å². The van der Waals surface area contributed by atoms with Gasteiger partial charge in [-0.15, -0.1) is 0 Å². The molecular formula is C10H13FO. The van der Waals surface area contributed by atoms with Crippen LogP contribution in [0.2, 0.25) is 0 Å². The third kappa shape index (κ3) is 1.76. The van der Waals surface area contributed by atoms with Crippen LogP contribution in [0.5, 0.6) is 5.75 Å². The molecule has 0 aliphatic rings. The largest absolute Gasteiger partial charge is 0.505 e. The molecule has 1 aromatic carbocycles. The molecule has 0 amide bonds. The molecule has 0 bridgehead atoms. The van der Waals surface area contributed by atoms with Gasteiger partial charge in [0.05, 0.1) is 0 Å². The SMILES string of the molecule is CCCc1cc(C)c(O)c(F)c1. The Labute approximate surface area is 71.9 Å². The lowest BCUT2D eigenvalue weighted by molar-refractivity contribution is 0.428. The Kier molecular flexibility index (Phi) is 2.69. The van der Waals surface area contributed by atoms with Crippen LogP contribution < -0.4 is 0 Å². The second-order valence-electron chi connectivity index (χ2n) is 2.99. The minimum Gasteiger partial charge on any atom is -0.505 e. The highest BCUT2D eigenvalue weighted by atomic mass is 19.1. The fraction of sp³-hybridized carbons (Fsp3) is 0.400. The first-order valence-corrected chi connectivity index (χ1v) is 4.13. The molecule has 0 unspecified atom stereocenters. The first kappa shape index (κ1) is 9.04. The molecule has 0 saturated heterocycles. The van der Waals surface area contributed by atoms with Gasteiger partial charge in [0.2, 0.25) is 0 Å². The second-order valence-corrected chi connectivity index (χ2v) is 2.99. The fourth-order valence-corrected chi connectivity index (χ4v) is 1.24. The number of rotatable bonds is 2. The van der Waals surface area contributed by atoms with Gasteiger partial charge in [-0.1, -0.05) is 19.4 Å². The maximum absolute atomic E-state index is 12.9. The van der Waals surface area contributed by atoms with Gasteiger partial charge in [0.1, 0.15) is 0 Å². The van der Waals surface area contributed by atoms with Crippen molar-refractivity contribution >= 4 is 0 Å². The monoisotopic (exact) mass is 168 g/mol. The van der Waals surface area contributed by atoms with E-state index >= 15 is 0 Å². The highest BCUT2D eigenvalue weighted by Gasteiger charge is 2.05. The molecule has 0 aliphatic carbocycles. The second kappa shape index (κ2) is 3.57. The van der Waals surface area contributed by atoms with E-state index in [1.807, 2.05) is 13.0 Å². The van der Waals surface area contributed by atoms with E-state index in [9.17, 15) is 4.39 Å². The van der Waals surface area contributed by atoms with Gasteiger partial charge in [-0.25, -0.2) is 4.39 Å². The Bertz CT molecular complexity index is 258. The minimum absolute atomic E-state index is 0.227. The lowest BCUT2D eigenvalue weighted by atomic mass is 10.1. The molecule has 0 aliphatic heterocycles. The Morgan fingerprint density at radius 2 is 2.08 bits per heavy atom. The number of phenolic OH excluding ortho intramolecular Hbond substituents is 1. The van der Waals surface area contributed by atoms with E-state index in [0.717, 1.165) is 18.4 Å². The molecule has 1 N–H and O–H groups in total. The molecular weight excluding hydrogens is 155 g/mol. The summed E-state index contributed by atoms with van der Waals surface area (Å²) in [5, 5.41) is 9.12. The first-order valence-electron chi connectivity index (χ1n) is 4.13. The lowest BCUT2D eigenvalue weighted by Gasteiger charge is -2.03. The molecule has 0 atom stereocenters. The van der Waals surface area contributed by atoms with Crippen LogP contribution in [0.25, 0.3) is 0 Å². The van der Waals surface area contributed by atoms with Crippen molar-refractivity contribution in [1.29, 1.82) is 0 Å². The van der Waals surface area contributed by atoms with E-state index in [2.05, 4.69) is 0 Å². The predicted octanol–water partition coefficient (Wildman–Crippen LogP) is 2.79. The number of hydrogen-bond acceptors (Lipinski definition) is 1. The van der Waals surface area contributed by atoms with Gasteiger partial charge < -0.3 is 5.11 Å². The third-order valence-corrected chi connectivity index (χ3v) is 1.85. The Hall–Kier alpha value is -1.05. The van der Waals surface area contributed by atoms with Crippen LogP contribution in [0.1, 0.15) is 24.5 Å². The van der Waals surface area contributed by atoms with Gasteiger partial charge in [-0.2, -0.15) is 0 Å². The maximum Gasteiger partial charge on any atom is 0.165 e. The molecule has 0 aromatic heterocycles. The Morgan fingerprint density at radius 3 is 2.58 bits per heavy atom. The van der Waals surface area contributed by atoms with Crippen molar-refractivity contribution in [1.82, 2.24) is 0 Å². The van der Waals surface area contributed by atoms with Crippen LogP contribution >= 0.6 is 0 Å². The highest BCUT2D eigenvalue weighted by molar-refractivity contribution is 5.36. The summed E-state index contributed by atoms with van der Waals surface area (Å²) < 4.78 is 12.9. The molecule has 2 heteroatoms. The molecule has 1 nitrogen and oxygen atoms in total. The van der Waals surface area contributed by atoms with E-state index in [-0.39, 0.29) is 5.75 Å². The zero-order valence-corrected chi connectivity index (χ0v) is 7.39. The van der Waals surface area contributed by atoms with Crippen molar-refractivity contribution in [2.75, 3.05) is 0 Å². The molecule has 0 saturated carbocycles. The Morgan fingerprint density at radius 1 is 1.42 bits per heavy atom. The fourth-order valence-electron chi connectivity index (χ4n) is 1.24. The zero-order valence-electron chi connectivity index (χ0n) is 7.39. The average Bonchev–Trinajstić information content (AvgIpc) is 2.01. The van der Waals surface area contributed by atoms with Crippen molar-refractivity contribution in [3.63, 3.8) is 0 Å². The topological polar surface area (TPSA) is 20.2 Å². The highest BCUT2D eigenvalue weighted by Crippen LogP contribution is 2.22. The maximum atomic E-state index is 12.9.